The van der Waals surface area contributed by atoms with Crippen LogP contribution in [0.1, 0.15) is 45.1 Å². The highest BCUT2D eigenvalue weighted by Crippen LogP contribution is 2.43. The maximum absolute atomic E-state index is 12.2. The number of carbonyl (C=O) groups is 2. The summed E-state index contributed by atoms with van der Waals surface area (Å²) in [5, 5.41) is 9.14. The Bertz CT molecular complexity index is 498. The van der Waals surface area contributed by atoms with Gasteiger partial charge in [-0.05, 0) is 45.1 Å². The van der Waals surface area contributed by atoms with Crippen molar-refractivity contribution in [3.8, 4) is 0 Å². The summed E-state index contributed by atoms with van der Waals surface area (Å²) in [6.07, 6.45) is 3.46. The second-order valence-electron chi connectivity index (χ2n) is 5.89. The molecule has 1 aromatic rings. The van der Waals surface area contributed by atoms with Crippen LogP contribution < -0.4 is 0 Å². The summed E-state index contributed by atoms with van der Waals surface area (Å²) < 4.78 is 5.69. The minimum Gasteiger partial charge on any atom is -0.480 e. The largest absolute Gasteiger partial charge is 0.480 e. The zero-order valence-corrected chi connectivity index (χ0v) is 11.9. The number of benzene rings is 1. The first-order valence-electron chi connectivity index (χ1n) is 6.91. The molecule has 1 fully saturated rings. The van der Waals surface area contributed by atoms with E-state index in [-0.39, 0.29) is 0 Å². The van der Waals surface area contributed by atoms with Crippen molar-refractivity contribution in [2.75, 3.05) is 0 Å². The molecule has 1 saturated carbocycles. The molecule has 0 bridgehead atoms. The summed E-state index contributed by atoms with van der Waals surface area (Å²) in [5.41, 5.74) is -1.23. The summed E-state index contributed by atoms with van der Waals surface area (Å²) in [5.74, 6) is -1.83. The van der Waals surface area contributed by atoms with Gasteiger partial charge in [-0.2, -0.15) is 0 Å². The number of carboxylic acid groups (broad SMARTS) is 1. The molecule has 0 heterocycles. The summed E-state index contributed by atoms with van der Waals surface area (Å²) in [6, 6.07) is 9.60. The van der Waals surface area contributed by atoms with Crippen LogP contribution in [0.2, 0.25) is 0 Å². The number of rotatable bonds is 4. The fourth-order valence-electron chi connectivity index (χ4n) is 2.53. The number of aliphatic carboxylic acids is 1. The molecule has 1 N–H and O–H groups in total. The van der Waals surface area contributed by atoms with Gasteiger partial charge in [-0.25, -0.2) is 0 Å². The second-order valence-corrected chi connectivity index (χ2v) is 5.89. The molecular formula is C16H20O4. The van der Waals surface area contributed by atoms with Crippen LogP contribution in [0.4, 0.5) is 0 Å². The van der Waals surface area contributed by atoms with Crippen LogP contribution >= 0.6 is 0 Å². The smallest absolute Gasteiger partial charge is 0.323 e. The van der Waals surface area contributed by atoms with E-state index in [4.69, 9.17) is 9.84 Å². The highest BCUT2D eigenvalue weighted by molar-refractivity contribution is 5.98. The predicted octanol–water partition coefficient (Wildman–Crippen LogP) is 3.11. The lowest BCUT2D eigenvalue weighted by atomic mass is 9.89. The van der Waals surface area contributed by atoms with Gasteiger partial charge in [-0.1, -0.05) is 30.3 Å². The molecule has 0 aromatic heterocycles. The molecule has 0 saturated heterocycles. The van der Waals surface area contributed by atoms with Crippen LogP contribution in [-0.2, 0) is 19.9 Å². The molecular weight excluding hydrogens is 256 g/mol. The molecule has 4 nitrogen and oxygen atoms in total. The van der Waals surface area contributed by atoms with Crippen LogP contribution in [0, 0.1) is 5.41 Å². The molecule has 2 rings (SSSR count). The number of carbonyl (C=O) groups excluding carboxylic acids is 1. The molecule has 0 aliphatic heterocycles. The van der Waals surface area contributed by atoms with Gasteiger partial charge in [-0.15, -0.1) is 0 Å². The fraction of sp³-hybridized carbons (Fsp3) is 0.500. The Morgan fingerprint density at radius 3 is 2.20 bits per heavy atom. The molecule has 0 amide bonds. The van der Waals surface area contributed by atoms with Gasteiger partial charge in [0.05, 0.1) is 0 Å². The van der Waals surface area contributed by atoms with E-state index in [0.29, 0.717) is 0 Å². The van der Waals surface area contributed by atoms with Gasteiger partial charge in [-0.3, -0.25) is 9.59 Å². The molecule has 0 radical (unpaired) electrons. The lowest BCUT2D eigenvalue weighted by Gasteiger charge is -2.32. The van der Waals surface area contributed by atoms with Crippen molar-refractivity contribution in [1.29, 1.82) is 0 Å². The Hall–Kier alpha value is -1.84. The molecule has 0 spiro atoms. The van der Waals surface area contributed by atoms with Crippen molar-refractivity contribution in [2.45, 2.75) is 45.1 Å². The van der Waals surface area contributed by atoms with Crippen molar-refractivity contribution in [1.82, 2.24) is 0 Å². The van der Waals surface area contributed by atoms with E-state index in [0.717, 1.165) is 31.2 Å². The zero-order valence-electron chi connectivity index (χ0n) is 11.9. The first-order chi connectivity index (χ1) is 9.38. The van der Waals surface area contributed by atoms with Crippen LogP contribution in [0.25, 0.3) is 0 Å². The monoisotopic (exact) mass is 276 g/mol. The van der Waals surface area contributed by atoms with Crippen LogP contribution in [0.3, 0.4) is 0 Å². The second kappa shape index (κ2) is 5.27. The number of esters is 1. The van der Waals surface area contributed by atoms with Crippen molar-refractivity contribution in [3.05, 3.63) is 35.9 Å². The zero-order chi connectivity index (χ0) is 14.8. The van der Waals surface area contributed by atoms with E-state index in [9.17, 15) is 9.59 Å². The number of ether oxygens (including phenoxy) is 1. The lowest BCUT2D eigenvalue weighted by Crippen LogP contribution is -2.40. The Kier molecular flexibility index (Phi) is 3.84. The highest BCUT2D eigenvalue weighted by Gasteiger charge is 2.45. The van der Waals surface area contributed by atoms with E-state index < -0.39 is 23.0 Å². The van der Waals surface area contributed by atoms with E-state index in [2.05, 4.69) is 0 Å². The Balaban J connectivity index is 2.28. The van der Waals surface area contributed by atoms with Gasteiger partial charge in [0.15, 0.2) is 5.41 Å². The summed E-state index contributed by atoms with van der Waals surface area (Å²) in [6.45, 7) is 2.76. The maximum atomic E-state index is 12.2. The maximum Gasteiger partial charge on any atom is 0.323 e. The molecule has 20 heavy (non-hydrogen) atoms. The average molecular weight is 276 g/mol. The van der Waals surface area contributed by atoms with E-state index >= 15 is 0 Å². The Labute approximate surface area is 118 Å². The standard InChI is InChI=1S/C16H20O4/c1-15(2,13(17)18)14(19)20-16(10-6-7-11-16)12-8-4-3-5-9-12/h3-5,8-9H,6-7,10-11H2,1-2H3,(H,17,18). The first kappa shape index (κ1) is 14.6. The Morgan fingerprint density at radius 1 is 1.15 bits per heavy atom. The summed E-state index contributed by atoms with van der Waals surface area (Å²) in [7, 11) is 0. The van der Waals surface area contributed by atoms with E-state index in [1.807, 2.05) is 30.3 Å². The SMILES string of the molecule is CC(C)(C(=O)O)C(=O)OC1(c2ccccc2)CCCC1. The number of carboxylic acids is 1. The van der Waals surface area contributed by atoms with Crippen molar-refractivity contribution < 1.29 is 19.4 Å². The average Bonchev–Trinajstić information content (AvgIpc) is 2.89. The molecule has 1 aliphatic rings. The van der Waals surface area contributed by atoms with Crippen molar-refractivity contribution in [2.24, 2.45) is 5.41 Å². The third-order valence-electron chi connectivity index (χ3n) is 4.04. The van der Waals surface area contributed by atoms with E-state index in [1.54, 1.807) is 0 Å². The predicted molar refractivity (Wildman–Crippen MR) is 74.1 cm³/mol. The van der Waals surface area contributed by atoms with Gasteiger partial charge in [0.25, 0.3) is 0 Å². The number of hydrogen-bond acceptors (Lipinski definition) is 3. The number of hydrogen-bond donors (Lipinski definition) is 1. The highest BCUT2D eigenvalue weighted by atomic mass is 16.6. The fourth-order valence-corrected chi connectivity index (χ4v) is 2.53. The molecule has 4 heteroatoms. The summed E-state index contributed by atoms with van der Waals surface area (Å²) in [4.78, 5) is 23.4. The van der Waals surface area contributed by atoms with E-state index in [1.165, 1.54) is 13.8 Å². The van der Waals surface area contributed by atoms with Crippen LogP contribution in [0.5, 0.6) is 0 Å². The normalized spacial score (nSPS) is 17.7. The minimum absolute atomic E-state index is 0.662. The van der Waals surface area contributed by atoms with Crippen molar-refractivity contribution in [3.63, 3.8) is 0 Å². The van der Waals surface area contributed by atoms with Gasteiger partial charge in [0.1, 0.15) is 5.60 Å². The minimum atomic E-state index is -1.52. The van der Waals surface area contributed by atoms with Crippen molar-refractivity contribution >= 4 is 11.9 Å². The molecule has 0 unspecified atom stereocenters. The quantitative estimate of drug-likeness (QED) is 0.678. The lowest BCUT2D eigenvalue weighted by molar-refractivity contribution is -0.178. The topological polar surface area (TPSA) is 63.6 Å². The van der Waals surface area contributed by atoms with Gasteiger partial charge in [0.2, 0.25) is 0 Å². The molecule has 1 aromatic carbocycles. The van der Waals surface area contributed by atoms with Crippen LogP contribution in [0.15, 0.2) is 30.3 Å². The molecule has 108 valence electrons. The molecule has 1 aliphatic carbocycles. The van der Waals surface area contributed by atoms with Gasteiger partial charge in [0, 0.05) is 0 Å². The third kappa shape index (κ3) is 2.55. The molecule has 0 atom stereocenters. The Morgan fingerprint density at radius 2 is 1.70 bits per heavy atom. The first-order valence-corrected chi connectivity index (χ1v) is 6.91. The third-order valence-corrected chi connectivity index (χ3v) is 4.04. The van der Waals surface area contributed by atoms with Crippen LogP contribution in [-0.4, -0.2) is 17.0 Å². The summed E-state index contributed by atoms with van der Waals surface area (Å²) >= 11 is 0. The van der Waals surface area contributed by atoms with Gasteiger partial charge < -0.3 is 9.84 Å². The van der Waals surface area contributed by atoms with Gasteiger partial charge >= 0.3 is 11.9 Å².